The van der Waals surface area contributed by atoms with E-state index in [4.69, 9.17) is 4.74 Å². The van der Waals surface area contributed by atoms with Gasteiger partial charge in [0.05, 0.1) is 10.7 Å². The van der Waals surface area contributed by atoms with Crippen molar-refractivity contribution < 1.29 is 9.53 Å². The van der Waals surface area contributed by atoms with Crippen molar-refractivity contribution in [2.45, 2.75) is 77.6 Å². The smallest absolute Gasteiger partial charge is 0.407 e. The summed E-state index contributed by atoms with van der Waals surface area (Å²) in [5, 5.41) is 9.57. The molecule has 0 spiro atoms. The van der Waals surface area contributed by atoms with Crippen LogP contribution in [0.5, 0.6) is 0 Å². The highest BCUT2D eigenvalue weighted by Crippen LogP contribution is 2.26. The Balaban J connectivity index is 1.72. The van der Waals surface area contributed by atoms with E-state index in [1.54, 1.807) is 11.3 Å². The third-order valence-corrected chi connectivity index (χ3v) is 4.55. The fourth-order valence-electron chi connectivity index (χ4n) is 2.01. The molecule has 1 aliphatic rings. The number of thiazole rings is 1. The average Bonchev–Trinajstić information content (AvgIpc) is 2.86. The van der Waals surface area contributed by atoms with Crippen LogP contribution < -0.4 is 10.6 Å². The van der Waals surface area contributed by atoms with Crippen LogP contribution in [0.25, 0.3) is 0 Å². The number of amides is 1. The Kier molecular flexibility index (Phi) is 4.82. The van der Waals surface area contributed by atoms with E-state index < -0.39 is 5.60 Å². The molecule has 1 fully saturated rings. The first-order valence-electron chi connectivity index (χ1n) is 7.72. The lowest BCUT2D eigenvalue weighted by atomic mass is 9.98. The van der Waals surface area contributed by atoms with Gasteiger partial charge < -0.3 is 15.4 Å². The molecule has 2 unspecified atom stereocenters. The van der Waals surface area contributed by atoms with Gasteiger partial charge in [-0.2, -0.15) is 0 Å². The maximum absolute atomic E-state index is 11.7. The molecule has 0 bridgehead atoms. The van der Waals surface area contributed by atoms with Crippen molar-refractivity contribution in [3.05, 3.63) is 16.1 Å². The zero-order chi connectivity index (χ0) is 16.5. The van der Waals surface area contributed by atoms with Crippen LogP contribution in [0.3, 0.4) is 0 Å². The Morgan fingerprint density at radius 3 is 2.55 bits per heavy atom. The number of carbonyl (C=O) groups is 1. The summed E-state index contributed by atoms with van der Waals surface area (Å²) in [5.74, 6) is 0. The zero-order valence-corrected chi connectivity index (χ0v) is 15.1. The summed E-state index contributed by atoms with van der Waals surface area (Å²) in [6, 6.07) is 0.475. The summed E-state index contributed by atoms with van der Waals surface area (Å²) < 4.78 is 5.25. The van der Waals surface area contributed by atoms with Gasteiger partial charge in [0.25, 0.3) is 0 Å². The van der Waals surface area contributed by atoms with Crippen LogP contribution in [-0.4, -0.2) is 28.8 Å². The third kappa shape index (κ3) is 5.25. The highest BCUT2D eigenvalue weighted by Gasteiger charge is 2.39. The number of carbonyl (C=O) groups excluding carboxylic acids is 1. The standard InChI is InChI=1S/C16H27N3O2S/c1-15(2,3)13-18-10(9-22-13)8-17-11-7-12(11)19-14(20)21-16(4,5)6/h9,11-12,17H,7-8H2,1-6H3,(H,19,20). The van der Waals surface area contributed by atoms with Gasteiger partial charge in [0.15, 0.2) is 0 Å². The molecule has 1 amide bonds. The number of nitrogens with zero attached hydrogens (tertiary/aromatic N) is 1. The molecular weight excluding hydrogens is 298 g/mol. The number of hydrogen-bond donors (Lipinski definition) is 2. The fraction of sp³-hybridized carbons (Fsp3) is 0.750. The largest absolute Gasteiger partial charge is 0.444 e. The second-order valence-electron chi connectivity index (χ2n) is 7.87. The van der Waals surface area contributed by atoms with Crippen molar-refractivity contribution in [3.63, 3.8) is 0 Å². The zero-order valence-electron chi connectivity index (χ0n) is 14.3. The minimum atomic E-state index is -0.453. The van der Waals surface area contributed by atoms with E-state index in [0.717, 1.165) is 23.7 Å². The fourth-order valence-corrected chi connectivity index (χ4v) is 2.91. The van der Waals surface area contributed by atoms with Crippen LogP contribution >= 0.6 is 11.3 Å². The molecule has 1 heterocycles. The van der Waals surface area contributed by atoms with Gasteiger partial charge in [-0.25, -0.2) is 9.78 Å². The molecule has 5 nitrogen and oxygen atoms in total. The Bertz CT molecular complexity index is 528. The van der Waals surface area contributed by atoms with Gasteiger partial charge in [-0.05, 0) is 27.2 Å². The topological polar surface area (TPSA) is 63.2 Å². The van der Waals surface area contributed by atoms with Gasteiger partial charge in [-0.15, -0.1) is 11.3 Å². The van der Waals surface area contributed by atoms with Crippen LogP contribution in [0, 0.1) is 0 Å². The Labute approximate surface area is 136 Å². The summed E-state index contributed by atoms with van der Waals surface area (Å²) in [4.78, 5) is 16.3. The summed E-state index contributed by atoms with van der Waals surface area (Å²) in [6.45, 7) is 12.8. The molecule has 1 aromatic heterocycles. The van der Waals surface area contributed by atoms with Crippen molar-refractivity contribution in [3.8, 4) is 0 Å². The molecule has 1 aliphatic carbocycles. The van der Waals surface area contributed by atoms with Crippen molar-refractivity contribution in [1.29, 1.82) is 0 Å². The van der Waals surface area contributed by atoms with Gasteiger partial charge in [0.1, 0.15) is 5.60 Å². The Morgan fingerprint density at radius 1 is 1.32 bits per heavy atom. The number of rotatable bonds is 4. The van der Waals surface area contributed by atoms with Crippen molar-refractivity contribution in [1.82, 2.24) is 15.6 Å². The molecule has 2 rings (SSSR count). The van der Waals surface area contributed by atoms with Crippen LogP contribution in [0.1, 0.15) is 58.7 Å². The molecule has 2 N–H and O–H groups in total. The van der Waals surface area contributed by atoms with Crippen LogP contribution in [-0.2, 0) is 16.7 Å². The molecule has 1 saturated carbocycles. The molecule has 124 valence electrons. The lowest BCUT2D eigenvalue weighted by Gasteiger charge is -2.19. The second kappa shape index (κ2) is 6.16. The first-order valence-corrected chi connectivity index (χ1v) is 8.60. The van der Waals surface area contributed by atoms with E-state index in [-0.39, 0.29) is 17.6 Å². The van der Waals surface area contributed by atoms with E-state index in [1.165, 1.54) is 0 Å². The van der Waals surface area contributed by atoms with E-state index in [0.29, 0.717) is 6.04 Å². The molecule has 1 aromatic rings. The molecule has 2 atom stereocenters. The van der Waals surface area contributed by atoms with Gasteiger partial charge in [0, 0.05) is 29.4 Å². The number of ether oxygens (including phenoxy) is 1. The van der Waals surface area contributed by atoms with Crippen molar-refractivity contribution >= 4 is 17.4 Å². The van der Waals surface area contributed by atoms with Gasteiger partial charge >= 0.3 is 6.09 Å². The molecule has 0 aliphatic heterocycles. The van der Waals surface area contributed by atoms with Crippen LogP contribution in [0.4, 0.5) is 4.79 Å². The normalized spacial score (nSPS) is 21.5. The predicted octanol–water partition coefficient (Wildman–Crippen LogP) is 3.20. The van der Waals surface area contributed by atoms with Gasteiger partial charge in [0.2, 0.25) is 0 Å². The van der Waals surface area contributed by atoms with Gasteiger partial charge in [-0.3, -0.25) is 0 Å². The van der Waals surface area contributed by atoms with E-state index >= 15 is 0 Å². The highest BCUT2D eigenvalue weighted by atomic mass is 32.1. The molecule has 22 heavy (non-hydrogen) atoms. The highest BCUT2D eigenvalue weighted by molar-refractivity contribution is 7.09. The summed E-state index contributed by atoms with van der Waals surface area (Å²) in [6.07, 6.45) is 0.598. The minimum Gasteiger partial charge on any atom is -0.444 e. The average molecular weight is 325 g/mol. The first-order chi connectivity index (χ1) is 10.0. The lowest BCUT2D eigenvalue weighted by Crippen LogP contribution is -2.36. The van der Waals surface area contributed by atoms with Crippen LogP contribution in [0.15, 0.2) is 5.38 Å². The summed E-state index contributed by atoms with van der Waals surface area (Å²) in [5.41, 5.74) is 0.715. The Morgan fingerprint density at radius 2 is 2.00 bits per heavy atom. The molecule has 0 aromatic carbocycles. The Hall–Kier alpha value is -1.14. The van der Waals surface area contributed by atoms with Crippen LogP contribution in [0.2, 0.25) is 0 Å². The molecule has 0 saturated heterocycles. The van der Waals surface area contributed by atoms with Gasteiger partial charge in [-0.1, -0.05) is 20.8 Å². The number of hydrogen-bond acceptors (Lipinski definition) is 5. The number of aromatic nitrogens is 1. The third-order valence-electron chi connectivity index (χ3n) is 3.23. The maximum atomic E-state index is 11.7. The molecule has 0 radical (unpaired) electrons. The quantitative estimate of drug-likeness (QED) is 0.892. The lowest BCUT2D eigenvalue weighted by molar-refractivity contribution is 0.0522. The van der Waals surface area contributed by atoms with E-state index in [2.05, 4.69) is 41.8 Å². The first kappa shape index (κ1) is 17.2. The maximum Gasteiger partial charge on any atom is 0.407 e. The number of alkyl carbamates (subject to hydrolysis) is 1. The monoisotopic (exact) mass is 325 g/mol. The number of nitrogens with one attached hydrogen (secondary N) is 2. The molecular formula is C16H27N3O2S. The predicted molar refractivity (Wildman–Crippen MR) is 89.2 cm³/mol. The SMILES string of the molecule is CC(C)(C)OC(=O)NC1CC1NCc1csc(C(C)(C)C)n1. The molecule has 6 heteroatoms. The minimum absolute atomic E-state index is 0.100. The second-order valence-corrected chi connectivity index (χ2v) is 8.73. The summed E-state index contributed by atoms with van der Waals surface area (Å²) in [7, 11) is 0. The summed E-state index contributed by atoms with van der Waals surface area (Å²) >= 11 is 1.71. The van der Waals surface area contributed by atoms with Crippen molar-refractivity contribution in [2.75, 3.05) is 0 Å². The van der Waals surface area contributed by atoms with E-state index in [1.807, 2.05) is 20.8 Å². The van der Waals surface area contributed by atoms with Crippen molar-refractivity contribution in [2.24, 2.45) is 0 Å². The van der Waals surface area contributed by atoms with E-state index in [9.17, 15) is 4.79 Å².